The summed E-state index contributed by atoms with van der Waals surface area (Å²) in [5, 5.41) is 7.77. The summed E-state index contributed by atoms with van der Waals surface area (Å²) in [5.41, 5.74) is 8.61. The van der Waals surface area contributed by atoms with E-state index in [1.807, 2.05) is 24.4 Å². The number of aromatic nitrogens is 1. The van der Waals surface area contributed by atoms with Gasteiger partial charge in [0.1, 0.15) is 11.7 Å². The predicted octanol–water partition coefficient (Wildman–Crippen LogP) is 5.09. The summed E-state index contributed by atoms with van der Waals surface area (Å²) < 4.78 is 0. The molecule has 0 aliphatic rings. The van der Waals surface area contributed by atoms with E-state index in [9.17, 15) is 0 Å². The zero-order valence-electron chi connectivity index (χ0n) is 22.6. The molecule has 1 unspecified atom stereocenters. The van der Waals surface area contributed by atoms with Gasteiger partial charge in [-0.1, -0.05) is 127 Å². The lowest BCUT2D eigenvalue weighted by Crippen LogP contribution is -2.28. The molecule has 0 aliphatic carbocycles. The Morgan fingerprint density at radius 1 is 0.463 bits per heavy atom. The Hall–Kier alpha value is -4.13. The summed E-state index contributed by atoms with van der Waals surface area (Å²) >= 11 is 0. The van der Waals surface area contributed by atoms with Crippen LogP contribution in [-0.2, 0) is 0 Å². The molecular formula is C36H31N3P2. The van der Waals surface area contributed by atoms with E-state index in [0.29, 0.717) is 0 Å². The van der Waals surface area contributed by atoms with Gasteiger partial charge in [0.2, 0.25) is 0 Å². The van der Waals surface area contributed by atoms with Gasteiger partial charge in [0.05, 0.1) is 0 Å². The van der Waals surface area contributed by atoms with Crippen LogP contribution in [0, 0.1) is 0 Å². The van der Waals surface area contributed by atoms with Crippen LogP contribution in [0.3, 0.4) is 0 Å². The second-order valence-corrected chi connectivity index (χ2v) is 14.1. The molecule has 0 saturated heterocycles. The highest BCUT2D eigenvalue weighted by atomic mass is 31.1. The lowest BCUT2D eigenvalue weighted by atomic mass is 10.2. The molecule has 0 fully saturated rings. The van der Waals surface area contributed by atoms with Crippen molar-refractivity contribution in [3.63, 3.8) is 0 Å². The van der Waals surface area contributed by atoms with Gasteiger partial charge in [0.25, 0.3) is 0 Å². The van der Waals surface area contributed by atoms with Gasteiger partial charge in [0, 0.05) is 6.20 Å². The fourth-order valence-corrected chi connectivity index (χ4v) is 9.80. The van der Waals surface area contributed by atoms with Crippen molar-refractivity contribution in [2.75, 3.05) is 0 Å². The molecule has 1 aromatic heterocycles. The van der Waals surface area contributed by atoms with Crippen LogP contribution in [0.5, 0.6) is 0 Å². The molecule has 0 spiro atoms. The number of benzene rings is 5. The lowest BCUT2D eigenvalue weighted by molar-refractivity contribution is 0.739. The summed E-state index contributed by atoms with van der Waals surface area (Å²) in [7, 11) is -1.64. The van der Waals surface area contributed by atoms with Crippen molar-refractivity contribution in [3.05, 3.63) is 175 Å². The minimum Gasteiger partial charge on any atom is -0.347 e. The normalized spacial score (nSPS) is 12.5. The topological polar surface area (TPSA) is 54.2 Å². The minimum absolute atomic E-state index is 0.515. The molecule has 0 saturated carbocycles. The van der Waals surface area contributed by atoms with Crippen molar-refractivity contribution in [1.29, 1.82) is 0 Å². The van der Waals surface area contributed by atoms with Gasteiger partial charge in [0.15, 0.2) is 0 Å². The second kappa shape index (κ2) is 13.0. The van der Waals surface area contributed by atoms with Crippen LogP contribution >= 0.6 is 15.8 Å². The van der Waals surface area contributed by atoms with Crippen molar-refractivity contribution < 1.29 is 0 Å². The molecule has 41 heavy (non-hydrogen) atoms. The zero-order chi connectivity index (χ0) is 27.9. The average Bonchev–Trinajstić information content (AvgIpc) is 3.04. The maximum atomic E-state index is 6.85. The predicted molar refractivity (Wildman–Crippen MR) is 177 cm³/mol. The van der Waals surface area contributed by atoms with Gasteiger partial charge < -0.3 is 10.7 Å². The Morgan fingerprint density at radius 2 is 0.854 bits per heavy atom. The number of H-pyrrole nitrogens is 1. The standard InChI is InChI=1S/C36H31N3P2/c37-36(39-35-23-13-14-24-38-35)28-25-33(40(29-15-5-1-6-16-29)30-17-7-2-8-18-30)27-34(26-28)41(31-19-9-3-10-20-31)32-21-11-4-12-22-32/h1-27,36H,37H2,(H,38,39). The van der Waals surface area contributed by atoms with Crippen molar-refractivity contribution in [2.24, 2.45) is 10.7 Å². The smallest absolute Gasteiger partial charge is 0.127 e. The SMILES string of the molecule is NC(/N=c1/cccc[nH]1)c1cc(P(c2ccccc2)c2ccccc2)cc(P(c2ccccc2)c2ccccc2)c1. The van der Waals surface area contributed by atoms with Crippen LogP contribution in [-0.4, -0.2) is 4.98 Å². The Labute approximate surface area is 244 Å². The Bertz CT molecular complexity index is 1560. The minimum atomic E-state index is -0.820. The van der Waals surface area contributed by atoms with Gasteiger partial charge in [-0.3, -0.25) is 0 Å². The highest BCUT2D eigenvalue weighted by Crippen LogP contribution is 2.37. The molecule has 1 atom stereocenters. The number of rotatable bonds is 8. The van der Waals surface area contributed by atoms with E-state index in [-0.39, 0.29) is 0 Å². The number of pyridine rings is 1. The third kappa shape index (κ3) is 6.45. The van der Waals surface area contributed by atoms with Crippen molar-refractivity contribution in [1.82, 2.24) is 4.98 Å². The summed E-state index contributed by atoms with van der Waals surface area (Å²) in [6.07, 6.45) is 1.36. The average molecular weight is 568 g/mol. The van der Waals surface area contributed by atoms with Crippen LogP contribution < -0.4 is 43.0 Å². The first-order chi connectivity index (χ1) is 20.3. The molecule has 5 aromatic carbocycles. The Kier molecular flexibility index (Phi) is 8.60. The summed E-state index contributed by atoms with van der Waals surface area (Å²) in [6.45, 7) is 0. The quantitative estimate of drug-likeness (QED) is 0.248. The van der Waals surface area contributed by atoms with Gasteiger partial charge in [-0.25, -0.2) is 4.99 Å². The van der Waals surface area contributed by atoms with E-state index in [0.717, 1.165) is 11.1 Å². The first kappa shape index (κ1) is 27.1. The molecule has 0 amide bonds. The zero-order valence-corrected chi connectivity index (χ0v) is 24.4. The van der Waals surface area contributed by atoms with Crippen LogP contribution in [0.1, 0.15) is 11.7 Å². The molecular weight excluding hydrogens is 536 g/mol. The molecule has 3 nitrogen and oxygen atoms in total. The lowest BCUT2D eigenvalue weighted by Gasteiger charge is -2.25. The summed E-state index contributed by atoms with van der Waals surface area (Å²) in [4.78, 5) is 8.07. The molecule has 3 N–H and O–H groups in total. The van der Waals surface area contributed by atoms with E-state index in [1.165, 1.54) is 31.8 Å². The van der Waals surface area contributed by atoms with E-state index >= 15 is 0 Å². The highest BCUT2D eigenvalue weighted by Gasteiger charge is 2.23. The second-order valence-electron chi connectivity index (χ2n) is 9.62. The maximum absolute atomic E-state index is 6.85. The maximum Gasteiger partial charge on any atom is 0.127 e. The van der Waals surface area contributed by atoms with Crippen LogP contribution in [0.4, 0.5) is 0 Å². The number of nitrogens with two attached hydrogens (primary N) is 1. The summed E-state index contributed by atoms with van der Waals surface area (Å²) in [6, 6.07) is 56.1. The molecule has 1 heterocycles. The number of hydrogen-bond donors (Lipinski definition) is 2. The number of aromatic amines is 1. The Balaban J connectivity index is 1.59. The van der Waals surface area contributed by atoms with Gasteiger partial charge in [-0.05, 0) is 83.6 Å². The van der Waals surface area contributed by atoms with Crippen LogP contribution in [0.2, 0.25) is 0 Å². The first-order valence-electron chi connectivity index (χ1n) is 13.6. The van der Waals surface area contributed by atoms with Gasteiger partial charge in [-0.15, -0.1) is 0 Å². The molecule has 0 aliphatic heterocycles. The van der Waals surface area contributed by atoms with E-state index in [1.54, 1.807) is 0 Å². The Morgan fingerprint density at radius 3 is 1.22 bits per heavy atom. The van der Waals surface area contributed by atoms with Crippen molar-refractivity contribution in [2.45, 2.75) is 6.17 Å². The van der Waals surface area contributed by atoms with E-state index in [4.69, 9.17) is 10.7 Å². The fraction of sp³-hybridized carbons (Fsp3) is 0.0278. The molecule has 200 valence electrons. The number of hydrogen-bond acceptors (Lipinski definition) is 2. The van der Waals surface area contributed by atoms with E-state index in [2.05, 4.69) is 145 Å². The summed E-state index contributed by atoms with van der Waals surface area (Å²) in [5.74, 6) is 0. The molecule has 6 aromatic rings. The monoisotopic (exact) mass is 567 g/mol. The van der Waals surface area contributed by atoms with Crippen molar-refractivity contribution >= 4 is 47.7 Å². The molecule has 0 bridgehead atoms. The van der Waals surface area contributed by atoms with Crippen LogP contribution in [0.15, 0.2) is 169 Å². The first-order valence-corrected chi connectivity index (χ1v) is 16.3. The van der Waals surface area contributed by atoms with Gasteiger partial charge >= 0.3 is 0 Å². The third-order valence-electron chi connectivity index (χ3n) is 6.81. The number of nitrogens with one attached hydrogen (secondary N) is 1. The molecule has 0 radical (unpaired) electrons. The largest absolute Gasteiger partial charge is 0.347 e. The van der Waals surface area contributed by atoms with Gasteiger partial charge in [-0.2, -0.15) is 0 Å². The fourth-order valence-electron chi connectivity index (χ4n) is 4.94. The third-order valence-corrected chi connectivity index (χ3v) is 11.6. The number of nitrogens with zero attached hydrogens (tertiary/aromatic N) is 1. The molecule has 5 heteroatoms. The highest BCUT2D eigenvalue weighted by molar-refractivity contribution is 7.81. The van der Waals surface area contributed by atoms with E-state index < -0.39 is 22.0 Å². The van der Waals surface area contributed by atoms with Crippen LogP contribution in [0.25, 0.3) is 0 Å². The van der Waals surface area contributed by atoms with Crippen molar-refractivity contribution in [3.8, 4) is 0 Å². The molecule has 6 rings (SSSR count).